The molecule has 1 aliphatic rings. The molecule has 8 nitrogen and oxygen atoms in total. The molecule has 1 aliphatic heterocycles. The fraction of sp³-hybridized carbons (Fsp3) is 0.312. The van der Waals surface area contributed by atoms with Crippen LogP contribution in [0.3, 0.4) is 0 Å². The minimum atomic E-state index is -1.21. The average molecular weight is 359 g/mol. The van der Waals surface area contributed by atoms with Crippen LogP contribution < -0.4 is 16.0 Å². The number of hydrogen-bond donors (Lipinski definition) is 3. The largest absolute Gasteiger partial charge is 0.322 e. The predicted molar refractivity (Wildman–Crippen MR) is 92.4 cm³/mol. The molecule has 3 N–H and O–H groups in total. The molecule has 1 saturated heterocycles. The number of urea groups is 1. The molecule has 0 aliphatic carbocycles. The first kappa shape index (κ1) is 17.0. The smallest absolute Gasteiger partial charge is 0.320 e. The fourth-order valence-corrected chi connectivity index (χ4v) is 3.15. The highest BCUT2D eigenvalue weighted by molar-refractivity contribution is 7.15. The van der Waals surface area contributed by atoms with Crippen LogP contribution in [-0.2, 0) is 10.3 Å². The van der Waals surface area contributed by atoms with Gasteiger partial charge in [-0.3, -0.25) is 20.2 Å². The van der Waals surface area contributed by atoms with E-state index in [-0.39, 0.29) is 11.8 Å². The number of amides is 4. The minimum absolute atomic E-state index is 0.232. The summed E-state index contributed by atoms with van der Waals surface area (Å²) in [7, 11) is 0. The molecule has 0 saturated carbocycles. The van der Waals surface area contributed by atoms with Gasteiger partial charge in [-0.05, 0) is 24.6 Å². The van der Waals surface area contributed by atoms with E-state index in [1.165, 1.54) is 11.3 Å². The normalized spacial score (nSPS) is 19.7. The topological polar surface area (TPSA) is 113 Å². The molecule has 2 aromatic rings. The third-order valence-electron chi connectivity index (χ3n) is 3.90. The van der Waals surface area contributed by atoms with E-state index in [4.69, 9.17) is 0 Å². The summed E-state index contributed by atoms with van der Waals surface area (Å²) >= 11 is 1.32. The Morgan fingerprint density at radius 1 is 1.28 bits per heavy atom. The molecule has 0 bridgehead atoms. The first-order chi connectivity index (χ1) is 11.8. The van der Waals surface area contributed by atoms with E-state index in [0.29, 0.717) is 16.3 Å². The maximum atomic E-state index is 12.5. The number of hydrogen-bond acceptors (Lipinski definition) is 6. The number of imide groups is 1. The number of benzene rings is 1. The zero-order chi connectivity index (χ0) is 18.2. The van der Waals surface area contributed by atoms with Crippen molar-refractivity contribution in [3.8, 4) is 0 Å². The van der Waals surface area contributed by atoms with Gasteiger partial charge >= 0.3 is 6.03 Å². The van der Waals surface area contributed by atoms with Gasteiger partial charge in [0.15, 0.2) is 0 Å². The van der Waals surface area contributed by atoms with Crippen molar-refractivity contribution < 1.29 is 14.4 Å². The number of aromatic nitrogens is 2. The standard InChI is InChI=1S/C16H17N5O3S/c1-8(2)12-20-21-15(25-12)17-11(22)9-5-4-6-10(7-9)16(3)13(23)18-14(24)19-16/h4-8H,1-3H3,(H,17,21,22)(H2,18,19,23,24). The Morgan fingerprint density at radius 2 is 2.04 bits per heavy atom. The van der Waals surface area contributed by atoms with Crippen molar-refractivity contribution >= 4 is 34.3 Å². The Hall–Kier alpha value is -2.81. The Kier molecular flexibility index (Phi) is 4.25. The summed E-state index contributed by atoms with van der Waals surface area (Å²) in [5.41, 5.74) is -0.335. The van der Waals surface area contributed by atoms with Gasteiger partial charge in [0.2, 0.25) is 5.13 Å². The van der Waals surface area contributed by atoms with Crippen LogP contribution in [0.5, 0.6) is 0 Å². The van der Waals surface area contributed by atoms with Crippen LogP contribution in [-0.4, -0.2) is 28.0 Å². The highest BCUT2D eigenvalue weighted by Crippen LogP contribution is 2.26. The van der Waals surface area contributed by atoms with Crippen LogP contribution in [0.15, 0.2) is 24.3 Å². The van der Waals surface area contributed by atoms with Crippen LogP contribution in [0.25, 0.3) is 0 Å². The minimum Gasteiger partial charge on any atom is -0.320 e. The number of rotatable bonds is 4. The molecule has 2 heterocycles. The Balaban J connectivity index is 1.82. The Morgan fingerprint density at radius 3 is 2.64 bits per heavy atom. The average Bonchev–Trinajstić information content (AvgIpc) is 3.13. The second-order valence-corrected chi connectivity index (χ2v) is 7.18. The number of anilines is 1. The first-order valence-electron chi connectivity index (χ1n) is 7.68. The van der Waals surface area contributed by atoms with Gasteiger partial charge in [-0.25, -0.2) is 4.79 Å². The summed E-state index contributed by atoms with van der Waals surface area (Å²) in [6, 6.07) is 5.99. The molecule has 9 heteroatoms. The van der Waals surface area contributed by atoms with Gasteiger partial charge < -0.3 is 5.32 Å². The Labute approximate surface area is 148 Å². The van der Waals surface area contributed by atoms with E-state index < -0.39 is 17.5 Å². The summed E-state index contributed by atoms with van der Waals surface area (Å²) in [6.45, 7) is 5.58. The van der Waals surface area contributed by atoms with E-state index in [9.17, 15) is 14.4 Å². The number of nitrogens with zero attached hydrogens (tertiary/aromatic N) is 2. The predicted octanol–water partition coefficient (Wildman–Crippen LogP) is 1.97. The summed E-state index contributed by atoms with van der Waals surface area (Å²) in [4.78, 5) is 35.9. The number of nitrogens with one attached hydrogen (secondary N) is 3. The van der Waals surface area contributed by atoms with E-state index >= 15 is 0 Å². The lowest BCUT2D eigenvalue weighted by molar-refractivity contribution is -0.123. The van der Waals surface area contributed by atoms with Crippen LogP contribution in [0.2, 0.25) is 0 Å². The second kappa shape index (κ2) is 6.25. The lowest BCUT2D eigenvalue weighted by Gasteiger charge is -2.21. The van der Waals surface area contributed by atoms with Crippen molar-refractivity contribution in [2.45, 2.75) is 32.2 Å². The molecule has 1 unspecified atom stereocenters. The van der Waals surface area contributed by atoms with Crippen molar-refractivity contribution in [1.29, 1.82) is 0 Å². The molecule has 25 heavy (non-hydrogen) atoms. The zero-order valence-corrected chi connectivity index (χ0v) is 14.7. The SMILES string of the molecule is CC(C)c1nnc(NC(=O)c2cccc(C3(C)NC(=O)NC3=O)c2)s1. The number of carbonyl (C=O) groups excluding carboxylic acids is 3. The van der Waals surface area contributed by atoms with Gasteiger partial charge in [0.05, 0.1) is 0 Å². The molecule has 130 valence electrons. The van der Waals surface area contributed by atoms with Gasteiger partial charge in [0.1, 0.15) is 10.5 Å². The van der Waals surface area contributed by atoms with Crippen molar-refractivity contribution in [2.75, 3.05) is 5.32 Å². The highest BCUT2D eigenvalue weighted by Gasteiger charge is 2.43. The highest BCUT2D eigenvalue weighted by atomic mass is 32.1. The molecular weight excluding hydrogens is 342 g/mol. The van der Waals surface area contributed by atoms with Crippen LogP contribution in [0.4, 0.5) is 9.93 Å². The van der Waals surface area contributed by atoms with E-state index in [2.05, 4.69) is 26.1 Å². The molecule has 1 aromatic carbocycles. The molecule has 0 spiro atoms. The van der Waals surface area contributed by atoms with Crippen molar-refractivity contribution in [1.82, 2.24) is 20.8 Å². The van der Waals surface area contributed by atoms with Crippen molar-refractivity contribution in [3.05, 3.63) is 40.4 Å². The lowest BCUT2D eigenvalue weighted by atomic mass is 9.91. The van der Waals surface area contributed by atoms with Crippen molar-refractivity contribution in [2.24, 2.45) is 0 Å². The van der Waals surface area contributed by atoms with Gasteiger partial charge in [0, 0.05) is 11.5 Å². The summed E-state index contributed by atoms with van der Waals surface area (Å²) in [6.07, 6.45) is 0. The molecule has 4 amide bonds. The third-order valence-corrected chi connectivity index (χ3v) is 5.04. The number of carbonyl (C=O) groups is 3. The van der Waals surface area contributed by atoms with E-state index in [1.807, 2.05) is 13.8 Å². The third kappa shape index (κ3) is 3.22. The fourth-order valence-electron chi connectivity index (χ4n) is 2.41. The summed E-state index contributed by atoms with van der Waals surface area (Å²) in [5.74, 6) is -0.585. The van der Waals surface area contributed by atoms with Gasteiger partial charge in [-0.15, -0.1) is 10.2 Å². The molecule has 1 atom stereocenters. The van der Waals surface area contributed by atoms with Crippen molar-refractivity contribution in [3.63, 3.8) is 0 Å². The molecule has 0 radical (unpaired) electrons. The first-order valence-corrected chi connectivity index (χ1v) is 8.50. The molecular formula is C16H17N5O3S. The lowest BCUT2D eigenvalue weighted by Crippen LogP contribution is -2.40. The van der Waals surface area contributed by atoms with E-state index in [0.717, 1.165) is 5.01 Å². The Bertz CT molecular complexity index is 863. The summed E-state index contributed by atoms with van der Waals surface area (Å²) in [5, 5.41) is 16.7. The summed E-state index contributed by atoms with van der Waals surface area (Å²) < 4.78 is 0. The monoisotopic (exact) mass is 359 g/mol. The second-order valence-electron chi connectivity index (χ2n) is 6.17. The quantitative estimate of drug-likeness (QED) is 0.722. The van der Waals surface area contributed by atoms with Gasteiger partial charge in [-0.1, -0.05) is 37.3 Å². The maximum Gasteiger partial charge on any atom is 0.322 e. The van der Waals surface area contributed by atoms with Crippen LogP contribution >= 0.6 is 11.3 Å². The van der Waals surface area contributed by atoms with Crippen LogP contribution in [0.1, 0.15) is 47.6 Å². The molecule has 1 fully saturated rings. The molecule has 1 aromatic heterocycles. The van der Waals surface area contributed by atoms with E-state index in [1.54, 1.807) is 31.2 Å². The molecule has 3 rings (SSSR count). The zero-order valence-electron chi connectivity index (χ0n) is 13.9. The maximum absolute atomic E-state index is 12.5. The van der Waals surface area contributed by atoms with Crippen LogP contribution in [0, 0.1) is 0 Å². The van der Waals surface area contributed by atoms with Gasteiger partial charge in [-0.2, -0.15) is 0 Å². The van der Waals surface area contributed by atoms with Gasteiger partial charge in [0.25, 0.3) is 11.8 Å².